The third-order valence-corrected chi connectivity index (χ3v) is 4.30. The van der Waals surface area contributed by atoms with Crippen LogP contribution in [0, 0.1) is 5.92 Å². The molecule has 0 radical (unpaired) electrons. The van der Waals surface area contributed by atoms with Crippen molar-refractivity contribution < 1.29 is 14.6 Å². The zero-order chi connectivity index (χ0) is 14.7. The van der Waals surface area contributed by atoms with Crippen molar-refractivity contribution in [2.24, 2.45) is 5.92 Å². The predicted octanol–water partition coefficient (Wildman–Crippen LogP) is 2.35. The minimum atomic E-state index is -0.0575. The van der Waals surface area contributed by atoms with Crippen LogP contribution in [-0.4, -0.2) is 50.2 Å². The number of aliphatic hydroxyl groups is 1. The molecule has 2 atom stereocenters. The first-order valence-electron chi connectivity index (χ1n) is 8.30. The van der Waals surface area contributed by atoms with E-state index < -0.39 is 0 Å². The summed E-state index contributed by atoms with van der Waals surface area (Å²) in [5.74, 6) is 0.538. The van der Waals surface area contributed by atoms with Gasteiger partial charge in [-0.2, -0.15) is 0 Å². The third-order valence-electron chi connectivity index (χ3n) is 4.30. The van der Waals surface area contributed by atoms with E-state index >= 15 is 0 Å². The Bertz CT molecular complexity index is 238. The second-order valence-corrected chi connectivity index (χ2v) is 5.84. The molecule has 1 saturated carbocycles. The molecule has 120 valence electrons. The molecule has 20 heavy (non-hydrogen) atoms. The largest absolute Gasteiger partial charge is 0.394 e. The van der Waals surface area contributed by atoms with Crippen molar-refractivity contribution in [3.8, 4) is 0 Å². The first kappa shape index (κ1) is 17.9. The molecule has 0 aromatic rings. The average molecular weight is 287 g/mol. The van der Waals surface area contributed by atoms with Crippen LogP contribution in [0.1, 0.15) is 52.4 Å². The Kier molecular flexibility index (Phi) is 9.44. The van der Waals surface area contributed by atoms with Crippen molar-refractivity contribution >= 4 is 0 Å². The fraction of sp³-hybridized carbons (Fsp3) is 1.00. The van der Waals surface area contributed by atoms with Gasteiger partial charge in [0.05, 0.1) is 19.8 Å². The lowest BCUT2D eigenvalue weighted by atomic mass is 9.85. The molecule has 1 fully saturated rings. The summed E-state index contributed by atoms with van der Waals surface area (Å²) < 4.78 is 11.0. The highest BCUT2D eigenvalue weighted by Crippen LogP contribution is 2.37. The molecule has 0 aromatic carbocycles. The Hall–Kier alpha value is -0.160. The van der Waals surface area contributed by atoms with Gasteiger partial charge in [0.15, 0.2) is 0 Å². The van der Waals surface area contributed by atoms with Gasteiger partial charge in [-0.25, -0.2) is 0 Å². The number of nitrogens with one attached hydrogen (secondary N) is 1. The molecule has 0 saturated heterocycles. The van der Waals surface area contributed by atoms with E-state index in [-0.39, 0.29) is 12.1 Å². The molecule has 0 bridgehead atoms. The molecule has 2 unspecified atom stereocenters. The van der Waals surface area contributed by atoms with Crippen molar-refractivity contribution in [2.75, 3.05) is 39.6 Å². The zero-order valence-electron chi connectivity index (χ0n) is 13.3. The van der Waals surface area contributed by atoms with Gasteiger partial charge in [-0.05, 0) is 44.6 Å². The van der Waals surface area contributed by atoms with E-state index in [9.17, 15) is 5.11 Å². The minimum Gasteiger partial charge on any atom is -0.394 e. The number of rotatable bonds is 12. The summed E-state index contributed by atoms with van der Waals surface area (Å²) >= 11 is 0. The van der Waals surface area contributed by atoms with Crippen LogP contribution in [0.15, 0.2) is 0 Å². The Morgan fingerprint density at radius 2 is 1.85 bits per heavy atom. The SMILES string of the molecule is CCCNC1(CO)CCCC1CCOCCOCCC. The van der Waals surface area contributed by atoms with E-state index in [0.717, 1.165) is 45.4 Å². The molecule has 1 rings (SSSR count). The molecule has 1 aliphatic rings. The minimum absolute atomic E-state index is 0.0575. The lowest BCUT2D eigenvalue weighted by Crippen LogP contribution is -2.51. The summed E-state index contributed by atoms with van der Waals surface area (Å²) in [4.78, 5) is 0. The lowest BCUT2D eigenvalue weighted by molar-refractivity contribution is 0.0343. The van der Waals surface area contributed by atoms with E-state index in [4.69, 9.17) is 9.47 Å². The Labute approximate surface area is 124 Å². The maximum absolute atomic E-state index is 9.79. The number of hydrogen-bond donors (Lipinski definition) is 2. The third kappa shape index (κ3) is 5.68. The first-order chi connectivity index (χ1) is 9.79. The fourth-order valence-corrected chi connectivity index (χ4v) is 3.13. The van der Waals surface area contributed by atoms with E-state index in [0.29, 0.717) is 19.1 Å². The van der Waals surface area contributed by atoms with Crippen molar-refractivity contribution in [2.45, 2.75) is 57.9 Å². The van der Waals surface area contributed by atoms with Gasteiger partial charge in [0, 0.05) is 18.8 Å². The normalized spacial score (nSPS) is 26.2. The smallest absolute Gasteiger partial charge is 0.0700 e. The van der Waals surface area contributed by atoms with Crippen molar-refractivity contribution in [3.05, 3.63) is 0 Å². The maximum Gasteiger partial charge on any atom is 0.0700 e. The van der Waals surface area contributed by atoms with Crippen LogP contribution in [0.2, 0.25) is 0 Å². The van der Waals surface area contributed by atoms with Crippen LogP contribution in [-0.2, 0) is 9.47 Å². The van der Waals surface area contributed by atoms with Gasteiger partial charge in [-0.3, -0.25) is 0 Å². The summed E-state index contributed by atoms with van der Waals surface area (Å²) in [6.07, 6.45) is 6.71. The van der Waals surface area contributed by atoms with E-state index in [1.54, 1.807) is 0 Å². The van der Waals surface area contributed by atoms with E-state index in [1.165, 1.54) is 12.8 Å². The van der Waals surface area contributed by atoms with Crippen LogP contribution < -0.4 is 5.32 Å². The molecule has 4 heteroatoms. The Morgan fingerprint density at radius 1 is 1.10 bits per heavy atom. The van der Waals surface area contributed by atoms with Gasteiger partial charge >= 0.3 is 0 Å². The highest BCUT2D eigenvalue weighted by atomic mass is 16.5. The predicted molar refractivity (Wildman–Crippen MR) is 82.0 cm³/mol. The molecule has 4 nitrogen and oxygen atoms in total. The van der Waals surface area contributed by atoms with Crippen molar-refractivity contribution in [1.82, 2.24) is 5.32 Å². The highest BCUT2D eigenvalue weighted by molar-refractivity contribution is 4.98. The molecule has 0 aromatic heterocycles. The molecule has 0 aliphatic heterocycles. The highest BCUT2D eigenvalue weighted by Gasteiger charge is 2.41. The van der Waals surface area contributed by atoms with Gasteiger partial charge in [0.1, 0.15) is 0 Å². The molecule has 2 N–H and O–H groups in total. The number of ether oxygens (including phenoxy) is 2. The van der Waals surface area contributed by atoms with Crippen LogP contribution >= 0.6 is 0 Å². The average Bonchev–Trinajstić information content (AvgIpc) is 2.87. The standard InChI is InChI=1S/C16H33NO3/c1-3-9-17-16(14-18)8-5-6-15(16)7-11-20-13-12-19-10-4-2/h15,17-18H,3-14H2,1-2H3. The monoisotopic (exact) mass is 287 g/mol. The fourth-order valence-electron chi connectivity index (χ4n) is 3.13. The first-order valence-corrected chi connectivity index (χ1v) is 8.30. The van der Waals surface area contributed by atoms with Gasteiger partial charge in [-0.1, -0.05) is 20.3 Å². The Balaban J connectivity index is 2.20. The second-order valence-electron chi connectivity index (χ2n) is 5.84. The summed E-state index contributed by atoms with van der Waals surface area (Å²) in [5, 5.41) is 13.4. The molecular formula is C16H33NO3. The number of hydrogen-bond acceptors (Lipinski definition) is 4. The molecule has 1 aliphatic carbocycles. The van der Waals surface area contributed by atoms with Crippen molar-refractivity contribution in [1.29, 1.82) is 0 Å². The summed E-state index contributed by atoms with van der Waals surface area (Å²) in [6, 6.07) is 0. The lowest BCUT2D eigenvalue weighted by Gasteiger charge is -2.35. The quantitative estimate of drug-likeness (QED) is 0.541. The van der Waals surface area contributed by atoms with Gasteiger partial charge in [0.25, 0.3) is 0 Å². The van der Waals surface area contributed by atoms with Gasteiger partial charge < -0.3 is 19.9 Å². The molecule has 0 amide bonds. The molecular weight excluding hydrogens is 254 g/mol. The zero-order valence-corrected chi connectivity index (χ0v) is 13.3. The number of aliphatic hydroxyl groups excluding tert-OH is 1. The van der Waals surface area contributed by atoms with E-state index in [1.807, 2.05) is 0 Å². The van der Waals surface area contributed by atoms with E-state index in [2.05, 4.69) is 19.2 Å². The maximum atomic E-state index is 9.79. The molecule has 0 heterocycles. The van der Waals surface area contributed by atoms with Crippen molar-refractivity contribution in [3.63, 3.8) is 0 Å². The summed E-state index contributed by atoms with van der Waals surface area (Å²) in [6.45, 7) is 8.48. The second kappa shape index (κ2) is 10.6. The van der Waals surface area contributed by atoms with Crippen LogP contribution in [0.3, 0.4) is 0 Å². The van der Waals surface area contributed by atoms with Gasteiger partial charge in [-0.15, -0.1) is 0 Å². The van der Waals surface area contributed by atoms with Crippen LogP contribution in [0.5, 0.6) is 0 Å². The summed E-state index contributed by atoms with van der Waals surface area (Å²) in [7, 11) is 0. The summed E-state index contributed by atoms with van der Waals surface area (Å²) in [5.41, 5.74) is -0.0575. The topological polar surface area (TPSA) is 50.7 Å². The van der Waals surface area contributed by atoms with Crippen LogP contribution in [0.4, 0.5) is 0 Å². The molecule has 0 spiro atoms. The Morgan fingerprint density at radius 3 is 2.50 bits per heavy atom. The van der Waals surface area contributed by atoms with Crippen LogP contribution in [0.25, 0.3) is 0 Å². The van der Waals surface area contributed by atoms with Gasteiger partial charge in [0.2, 0.25) is 0 Å².